The second-order valence-electron chi connectivity index (χ2n) is 4.39. The molecule has 4 heteroatoms. The van der Waals surface area contributed by atoms with E-state index in [0.717, 1.165) is 19.3 Å². The lowest BCUT2D eigenvalue weighted by Gasteiger charge is -2.07. The number of hydrogen-bond acceptors (Lipinski definition) is 3. The Morgan fingerprint density at radius 2 is 2.06 bits per heavy atom. The number of aliphatic carboxylic acids is 1. The molecule has 16 heavy (non-hydrogen) atoms. The maximum Gasteiger partial charge on any atom is 0.320 e. The Labute approximate surface area is 96.0 Å². The van der Waals surface area contributed by atoms with E-state index in [4.69, 9.17) is 9.84 Å². The normalized spacial score (nSPS) is 24.4. The fourth-order valence-electron chi connectivity index (χ4n) is 2.01. The Kier molecular flexibility index (Phi) is 5.29. The van der Waals surface area contributed by atoms with E-state index in [1.165, 1.54) is 19.3 Å². The number of carbonyl (C=O) groups is 2. The summed E-state index contributed by atoms with van der Waals surface area (Å²) in [5.41, 5.74) is 0. The number of carboxylic acid groups (broad SMARTS) is 1. The topological polar surface area (TPSA) is 63.6 Å². The molecule has 0 bridgehead atoms. The summed E-state index contributed by atoms with van der Waals surface area (Å²) in [6.45, 7) is 2.16. The summed E-state index contributed by atoms with van der Waals surface area (Å²) in [5, 5.41) is 8.74. The van der Waals surface area contributed by atoms with Crippen molar-refractivity contribution in [2.75, 3.05) is 0 Å². The number of ether oxygens (including phenoxy) is 1. The van der Waals surface area contributed by atoms with Gasteiger partial charge >= 0.3 is 11.9 Å². The summed E-state index contributed by atoms with van der Waals surface area (Å²) >= 11 is 0. The van der Waals surface area contributed by atoms with Gasteiger partial charge in [-0.2, -0.15) is 0 Å². The molecule has 0 spiro atoms. The quantitative estimate of drug-likeness (QED) is 0.413. The van der Waals surface area contributed by atoms with Crippen LogP contribution in [0.3, 0.4) is 0 Å². The summed E-state index contributed by atoms with van der Waals surface area (Å²) < 4.78 is 5.02. The van der Waals surface area contributed by atoms with Crippen LogP contribution in [0.25, 0.3) is 0 Å². The Balaban J connectivity index is 2.16. The first-order valence-corrected chi connectivity index (χ1v) is 6.08. The predicted octanol–water partition coefficient (Wildman–Crippen LogP) is 2.36. The molecule has 1 fully saturated rings. The van der Waals surface area contributed by atoms with Gasteiger partial charge in [-0.15, -0.1) is 0 Å². The summed E-state index contributed by atoms with van der Waals surface area (Å²) in [5.74, 6) is -2.55. The highest BCUT2D eigenvalue weighted by molar-refractivity contribution is 5.95. The summed E-state index contributed by atoms with van der Waals surface area (Å²) in [6.07, 6.45) is 6.79. The van der Waals surface area contributed by atoms with Gasteiger partial charge in [0.2, 0.25) is 0 Å². The number of hydrogen-bond donors (Lipinski definition) is 1. The van der Waals surface area contributed by atoms with Gasteiger partial charge in [-0.1, -0.05) is 32.6 Å². The lowest BCUT2D eigenvalue weighted by atomic mass is 10.0. The van der Waals surface area contributed by atoms with Crippen molar-refractivity contribution in [1.29, 1.82) is 0 Å². The third-order valence-corrected chi connectivity index (χ3v) is 2.99. The highest BCUT2D eigenvalue weighted by Gasteiger charge is 2.38. The van der Waals surface area contributed by atoms with Crippen molar-refractivity contribution in [2.24, 2.45) is 5.92 Å². The number of cyclic esters (lactones) is 1. The van der Waals surface area contributed by atoms with Gasteiger partial charge in [0.25, 0.3) is 0 Å². The molecule has 0 aromatic carbocycles. The zero-order valence-electron chi connectivity index (χ0n) is 9.78. The maximum atomic E-state index is 11.2. The fraction of sp³-hybridized carbons (Fsp3) is 0.833. The van der Waals surface area contributed by atoms with Crippen LogP contribution < -0.4 is 0 Å². The molecule has 4 nitrogen and oxygen atoms in total. The Morgan fingerprint density at radius 1 is 1.38 bits per heavy atom. The van der Waals surface area contributed by atoms with Gasteiger partial charge < -0.3 is 9.84 Å². The van der Waals surface area contributed by atoms with E-state index in [9.17, 15) is 9.59 Å². The first-order chi connectivity index (χ1) is 7.65. The second-order valence-corrected chi connectivity index (χ2v) is 4.39. The predicted molar refractivity (Wildman–Crippen MR) is 59.0 cm³/mol. The van der Waals surface area contributed by atoms with E-state index < -0.39 is 17.9 Å². The van der Waals surface area contributed by atoms with E-state index >= 15 is 0 Å². The molecule has 0 radical (unpaired) electrons. The highest BCUT2D eigenvalue weighted by Crippen LogP contribution is 2.25. The number of carbonyl (C=O) groups excluding carboxylic acids is 1. The Hall–Kier alpha value is -1.06. The van der Waals surface area contributed by atoms with Crippen LogP contribution in [-0.2, 0) is 14.3 Å². The van der Waals surface area contributed by atoms with Crippen molar-refractivity contribution >= 4 is 11.9 Å². The third kappa shape index (κ3) is 3.83. The van der Waals surface area contributed by atoms with E-state index in [-0.39, 0.29) is 6.10 Å². The van der Waals surface area contributed by atoms with Crippen LogP contribution in [-0.4, -0.2) is 23.1 Å². The van der Waals surface area contributed by atoms with Gasteiger partial charge in [0.15, 0.2) is 5.92 Å². The molecule has 0 saturated carbocycles. The van der Waals surface area contributed by atoms with E-state index in [2.05, 4.69) is 6.92 Å². The van der Waals surface area contributed by atoms with Gasteiger partial charge in [0.1, 0.15) is 6.10 Å². The largest absolute Gasteiger partial charge is 0.481 e. The first kappa shape index (κ1) is 13.0. The molecule has 1 aliphatic heterocycles. The zero-order chi connectivity index (χ0) is 12.0. The van der Waals surface area contributed by atoms with Crippen molar-refractivity contribution in [1.82, 2.24) is 0 Å². The number of carboxylic acids is 1. The molecule has 1 aliphatic rings. The average Bonchev–Trinajstić information content (AvgIpc) is 2.59. The van der Waals surface area contributed by atoms with E-state index in [1.807, 2.05) is 0 Å². The maximum absolute atomic E-state index is 11.2. The Bertz CT molecular complexity index is 249. The van der Waals surface area contributed by atoms with Gasteiger partial charge in [-0.05, 0) is 12.8 Å². The first-order valence-electron chi connectivity index (χ1n) is 6.08. The molecule has 2 atom stereocenters. The van der Waals surface area contributed by atoms with Crippen LogP contribution in [0.2, 0.25) is 0 Å². The van der Waals surface area contributed by atoms with Gasteiger partial charge in [0, 0.05) is 6.42 Å². The second kappa shape index (κ2) is 6.51. The minimum atomic E-state index is -1.06. The highest BCUT2D eigenvalue weighted by atomic mass is 16.6. The van der Waals surface area contributed by atoms with Crippen molar-refractivity contribution in [3.05, 3.63) is 0 Å². The van der Waals surface area contributed by atoms with Crippen molar-refractivity contribution in [3.8, 4) is 0 Å². The molecule has 1 N–H and O–H groups in total. The lowest BCUT2D eigenvalue weighted by Crippen LogP contribution is -2.17. The molecule has 1 rings (SSSR count). The van der Waals surface area contributed by atoms with Crippen LogP contribution in [0.5, 0.6) is 0 Å². The molecule has 1 saturated heterocycles. The van der Waals surface area contributed by atoms with Crippen molar-refractivity contribution < 1.29 is 19.4 Å². The third-order valence-electron chi connectivity index (χ3n) is 2.99. The van der Waals surface area contributed by atoms with Gasteiger partial charge in [-0.3, -0.25) is 9.59 Å². The van der Waals surface area contributed by atoms with E-state index in [1.54, 1.807) is 0 Å². The van der Waals surface area contributed by atoms with Crippen LogP contribution in [0, 0.1) is 5.92 Å². The van der Waals surface area contributed by atoms with Crippen molar-refractivity contribution in [2.45, 2.75) is 58.0 Å². The number of rotatable bonds is 7. The smallest absolute Gasteiger partial charge is 0.320 e. The summed E-state index contributed by atoms with van der Waals surface area (Å²) in [6, 6.07) is 0. The summed E-state index contributed by atoms with van der Waals surface area (Å²) in [4.78, 5) is 21.8. The molecule has 2 unspecified atom stereocenters. The number of esters is 1. The Morgan fingerprint density at radius 3 is 2.62 bits per heavy atom. The molecule has 92 valence electrons. The standard InChI is InChI=1S/C12H20O4/c1-2-3-4-5-6-7-9-8-10(11(13)14)12(15)16-9/h9-10H,2-8H2,1H3,(H,13,14). The lowest BCUT2D eigenvalue weighted by molar-refractivity contribution is -0.152. The minimum Gasteiger partial charge on any atom is -0.481 e. The molecular formula is C12H20O4. The fourth-order valence-corrected chi connectivity index (χ4v) is 2.01. The molecule has 0 amide bonds. The molecular weight excluding hydrogens is 208 g/mol. The van der Waals surface area contributed by atoms with Gasteiger partial charge in [-0.25, -0.2) is 0 Å². The zero-order valence-corrected chi connectivity index (χ0v) is 9.78. The van der Waals surface area contributed by atoms with Gasteiger partial charge in [0.05, 0.1) is 0 Å². The average molecular weight is 228 g/mol. The minimum absolute atomic E-state index is 0.171. The monoisotopic (exact) mass is 228 g/mol. The van der Waals surface area contributed by atoms with Crippen molar-refractivity contribution in [3.63, 3.8) is 0 Å². The SMILES string of the molecule is CCCCCCCC1CC(C(=O)O)C(=O)O1. The molecule has 0 aromatic rings. The van der Waals surface area contributed by atoms with Crippen LogP contribution in [0.15, 0.2) is 0 Å². The molecule has 1 heterocycles. The van der Waals surface area contributed by atoms with Crippen LogP contribution in [0.4, 0.5) is 0 Å². The number of unbranched alkanes of at least 4 members (excludes halogenated alkanes) is 4. The summed E-state index contributed by atoms with van der Waals surface area (Å²) in [7, 11) is 0. The van der Waals surface area contributed by atoms with Crippen LogP contribution in [0.1, 0.15) is 51.9 Å². The molecule has 0 aliphatic carbocycles. The van der Waals surface area contributed by atoms with Crippen LogP contribution >= 0.6 is 0 Å². The molecule has 0 aromatic heterocycles. The van der Waals surface area contributed by atoms with E-state index in [0.29, 0.717) is 6.42 Å².